The molecule has 0 heterocycles. The van der Waals surface area contributed by atoms with Crippen molar-refractivity contribution in [1.29, 1.82) is 0 Å². The topological polar surface area (TPSA) is 12.0 Å². The normalized spacial score (nSPS) is 20.1. The van der Waals surface area contributed by atoms with Crippen molar-refractivity contribution in [2.24, 2.45) is 5.92 Å². The lowest BCUT2D eigenvalue weighted by Crippen LogP contribution is -2.34. The second kappa shape index (κ2) is 9.94. The molecule has 17 heavy (non-hydrogen) atoms. The second-order valence-corrected chi connectivity index (χ2v) is 5.91. The number of unbranched alkanes of at least 4 members (excludes halogenated alkanes) is 4. The van der Waals surface area contributed by atoms with Crippen molar-refractivity contribution in [3.8, 4) is 0 Å². The first-order valence-corrected chi connectivity index (χ1v) is 8.08. The zero-order chi connectivity index (χ0) is 12.3. The Labute approximate surface area is 109 Å². The Balaban J connectivity index is 2.01. The molecule has 0 aliphatic heterocycles. The highest BCUT2D eigenvalue weighted by Gasteiger charge is 2.17. The summed E-state index contributed by atoms with van der Waals surface area (Å²) in [4.78, 5) is 0. The van der Waals surface area contributed by atoms with Crippen molar-refractivity contribution in [3.05, 3.63) is 0 Å². The minimum absolute atomic E-state index is 0.749. The molecule has 1 nitrogen and oxygen atoms in total. The summed E-state index contributed by atoms with van der Waals surface area (Å²) in [6.07, 6.45) is 15.8. The molecule has 102 valence electrons. The van der Waals surface area contributed by atoms with Crippen LogP contribution in [0, 0.1) is 5.92 Å². The molecule has 1 N–H and O–H groups in total. The van der Waals surface area contributed by atoms with Gasteiger partial charge in [-0.05, 0) is 38.6 Å². The van der Waals surface area contributed by atoms with E-state index >= 15 is 0 Å². The Morgan fingerprint density at radius 3 is 2.24 bits per heavy atom. The van der Waals surface area contributed by atoms with Crippen LogP contribution in [-0.2, 0) is 0 Å². The first kappa shape index (κ1) is 15.0. The van der Waals surface area contributed by atoms with Gasteiger partial charge in [-0.2, -0.15) is 0 Å². The van der Waals surface area contributed by atoms with Gasteiger partial charge in [0.05, 0.1) is 0 Å². The maximum absolute atomic E-state index is 3.76. The highest BCUT2D eigenvalue weighted by atomic mass is 14.9. The standard InChI is InChI=1S/C16H33N/c1-3-4-5-8-11-14-17-15(2)16-12-9-6-7-10-13-16/h15-17H,3-14H2,1-2H3/t15-/m0/s1. The van der Waals surface area contributed by atoms with Crippen LogP contribution < -0.4 is 5.32 Å². The molecule has 0 spiro atoms. The van der Waals surface area contributed by atoms with Crippen LogP contribution >= 0.6 is 0 Å². The van der Waals surface area contributed by atoms with E-state index in [-0.39, 0.29) is 0 Å². The lowest BCUT2D eigenvalue weighted by molar-refractivity contribution is 0.335. The molecule has 0 aromatic rings. The molecule has 0 amide bonds. The van der Waals surface area contributed by atoms with Gasteiger partial charge in [-0.1, -0.05) is 58.3 Å². The summed E-state index contributed by atoms with van der Waals surface area (Å²) in [7, 11) is 0. The zero-order valence-corrected chi connectivity index (χ0v) is 12.1. The molecule has 0 bridgehead atoms. The Morgan fingerprint density at radius 2 is 1.59 bits per heavy atom. The molecule has 1 rings (SSSR count). The van der Waals surface area contributed by atoms with E-state index in [1.807, 2.05) is 0 Å². The molecule has 1 atom stereocenters. The second-order valence-electron chi connectivity index (χ2n) is 5.91. The Morgan fingerprint density at radius 1 is 0.941 bits per heavy atom. The van der Waals surface area contributed by atoms with E-state index in [2.05, 4.69) is 19.2 Å². The minimum atomic E-state index is 0.749. The lowest BCUT2D eigenvalue weighted by atomic mass is 9.93. The van der Waals surface area contributed by atoms with E-state index in [1.54, 1.807) is 0 Å². The molecule has 0 radical (unpaired) electrons. The predicted molar refractivity (Wildman–Crippen MR) is 77.4 cm³/mol. The summed E-state index contributed by atoms with van der Waals surface area (Å²) >= 11 is 0. The molecule has 0 saturated heterocycles. The van der Waals surface area contributed by atoms with Crippen LogP contribution in [0.1, 0.15) is 84.5 Å². The fourth-order valence-electron chi connectivity index (χ4n) is 3.04. The van der Waals surface area contributed by atoms with E-state index < -0.39 is 0 Å². The molecule has 0 aromatic heterocycles. The largest absolute Gasteiger partial charge is 0.314 e. The van der Waals surface area contributed by atoms with E-state index in [1.165, 1.54) is 77.2 Å². The van der Waals surface area contributed by atoms with Gasteiger partial charge in [0, 0.05) is 6.04 Å². The summed E-state index contributed by atoms with van der Waals surface area (Å²) in [5.41, 5.74) is 0. The number of hydrogen-bond acceptors (Lipinski definition) is 1. The fourth-order valence-corrected chi connectivity index (χ4v) is 3.04. The van der Waals surface area contributed by atoms with Crippen molar-refractivity contribution in [1.82, 2.24) is 5.32 Å². The summed E-state index contributed by atoms with van der Waals surface area (Å²) in [5.74, 6) is 0.952. The number of rotatable bonds is 8. The Kier molecular flexibility index (Phi) is 8.78. The molecule has 1 aliphatic rings. The van der Waals surface area contributed by atoms with E-state index in [4.69, 9.17) is 0 Å². The molecule has 1 fully saturated rings. The van der Waals surface area contributed by atoms with Crippen molar-refractivity contribution in [3.63, 3.8) is 0 Å². The van der Waals surface area contributed by atoms with Crippen LogP contribution in [0.4, 0.5) is 0 Å². The monoisotopic (exact) mass is 239 g/mol. The SMILES string of the molecule is CCCCCCCN[C@@H](C)C1CCCCCC1. The first-order valence-electron chi connectivity index (χ1n) is 8.08. The lowest BCUT2D eigenvalue weighted by Gasteiger charge is -2.23. The van der Waals surface area contributed by atoms with E-state index in [9.17, 15) is 0 Å². The average molecular weight is 239 g/mol. The van der Waals surface area contributed by atoms with Crippen LogP contribution in [-0.4, -0.2) is 12.6 Å². The smallest absolute Gasteiger partial charge is 0.00669 e. The van der Waals surface area contributed by atoms with E-state index in [0.717, 1.165) is 12.0 Å². The predicted octanol–water partition coefficient (Wildman–Crippen LogP) is 4.91. The summed E-state index contributed by atoms with van der Waals surface area (Å²) < 4.78 is 0. The van der Waals surface area contributed by atoms with Crippen LogP contribution in [0.3, 0.4) is 0 Å². The van der Waals surface area contributed by atoms with Crippen molar-refractivity contribution in [2.45, 2.75) is 90.5 Å². The number of hydrogen-bond donors (Lipinski definition) is 1. The Bertz CT molecular complexity index is 159. The van der Waals surface area contributed by atoms with Crippen LogP contribution in [0.2, 0.25) is 0 Å². The Hall–Kier alpha value is -0.0400. The molecule has 1 saturated carbocycles. The fraction of sp³-hybridized carbons (Fsp3) is 1.00. The third-order valence-electron chi connectivity index (χ3n) is 4.35. The summed E-state index contributed by atoms with van der Waals surface area (Å²) in [6, 6.07) is 0.749. The molecule has 1 heteroatoms. The maximum atomic E-state index is 3.76. The van der Waals surface area contributed by atoms with Gasteiger partial charge in [0.15, 0.2) is 0 Å². The zero-order valence-electron chi connectivity index (χ0n) is 12.1. The summed E-state index contributed by atoms with van der Waals surface area (Å²) in [6.45, 7) is 5.93. The van der Waals surface area contributed by atoms with Gasteiger partial charge in [0.1, 0.15) is 0 Å². The third-order valence-corrected chi connectivity index (χ3v) is 4.35. The van der Waals surface area contributed by atoms with Gasteiger partial charge in [-0.3, -0.25) is 0 Å². The maximum Gasteiger partial charge on any atom is 0.00669 e. The van der Waals surface area contributed by atoms with Gasteiger partial charge in [0.2, 0.25) is 0 Å². The molecular formula is C16H33N. The molecule has 0 aromatic carbocycles. The minimum Gasteiger partial charge on any atom is -0.314 e. The van der Waals surface area contributed by atoms with Crippen LogP contribution in [0.25, 0.3) is 0 Å². The van der Waals surface area contributed by atoms with E-state index in [0.29, 0.717) is 0 Å². The highest BCUT2D eigenvalue weighted by molar-refractivity contribution is 4.74. The molecule has 1 aliphatic carbocycles. The molecule has 0 unspecified atom stereocenters. The van der Waals surface area contributed by atoms with Crippen LogP contribution in [0.5, 0.6) is 0 Å². The van der Waals surface area contributed by atoms with Gasteiger partial charge in [-0.15, -0.1) is 0 Å². The van der Waals surface area contributed by atoms with Gasteiger partial charge < -0.3 is 5.32 Å². The van der Waals surface area contributed by atoms with Crippen molar-refractivity contribution >= 4 is 0 Å². The van der Waals surface area contributed by atoms with Crippen molar-refractivity contribution in [2.75, 3.05) is 6.54 Å². The number of nitrogens with one attached hydrogen (secondary N) is 1. The van der Waals surface area contributed by atoms with Gasteiger partial charge in [0.25, 0.3) is 0 Å². The van der Waals surface area contributed by atoms with Gasteiger partial charge >= 0.3 is 0 Å². The first-order chi connectivity index (χ1) is 8.34. The quantitative estimate of drug-likeness (QED) is 0.469. The van der Waals surface area contributed by atoms with Crippen molar-refractivity contribution < 1.29 is 0 Å². The molecular weight excluding hydrogens is 206 g/mol. The highest BCUT2D eigenvalue weighted by Crippen LogP contribution is 2.25. The van der Waals surface area contributed by atoms with Crippen LogP contribution in [0.15, 0.2) is 0 Å². The third kappa shape index (κ3) is 7.08. The van der Waals surface area contributed by atoms with Gasteiger partial charge in [-0.25, -0.2) is 0 Å². The summed E-state index contributed by atoms with van der Waals surface area (Å²) in [5, 5.41) is 3.76. The average Bonchev–Trinajstić information content (AvgIpc) is 2.62.